The Hall–Kier alpha value is -1.45. The van der Waals surface area contributed by atoms with Crippen LogP contribution in [0.4, 0.5) is 18.0 Å². The zero-order valence-corrected chi connectivity index (χ0v) is 11.7. The molecule has 10 heteroatoms. The van der Waals surface area contributed by atoms with Crippen LogP contribution in [0.15, 0.2) is 0 Å². The summed E-state index contributed by atoms with van der Waals surface area (Å²) in [6, 6.07) is -1.85. The zero-order chi connectivity index (χ0) is 16.1. The Kier molecular flexibility index (Phi) is 6.32. The highest BCUT2D eigenvalue weighted by Gasteiger charge is 2.41. The van der Waals surface area contributed by atoms with Crippen molar-refractivity contribution in [2.24, 2.45) is 0 Å². The quantitative estimate of drug-likeness (QED) is 0.768. The van der Waals surface area contributed by atoms with Gasteiger partial charge in [0.15, 0.2) is 0 Å². The molecule has 1 atom stereocenters. The molecule has 0 saturated heterocycles. The van der Waals surface area contributed by atoms with E-state index in [1.165, 1.54) is 5.32 Å². The molecule has 0 aromatic rings. The molecule has 0 aliphatic carbocycles. The molecule has 0 rings (SSSR count). The molecular formula is C10H14F3NO5S. The van der Waals surface area contributed by atoms with Gasteiger partial charge in [-0.25, -0.2) is 9.59 Å². The van der Waals surface area contributed by atoms with Crippen molar-refractivity contribution in [1.29, 1.82) is 0 Å². The topological polar surface area (TPSA) is 92.7 Å². The highest BCUT2D eigenvalue weighted by molar-refractivity contribution is 8.13. The molecule has 0 heterocycles. The van der Waals surface area contributed by atoms with Gasteiger partial charge in [-0.1, -0.05) is 0 Å². The monoisotopic (exact) mass is 317 g/mol. The van der Waals surface area contributed by atoms with E-state index in [0.717, 1.165) is 0 Å². The molecule has 116 valence electrons. The number of carbonyl (C=O) groups is 3. The van der Waals surface area contributed by atoms with E-state index in [1.54, 1.807) is 20.8 Å². The number of hydrogen-bond donors (Lipinski definition) is 2. The molecule has 0 spiro atoms. The third-order valence-electron chi connectivity index (χ3n) is 1.62. The first-order valence-corrected chi connectivity index (χ1v) is 6.28. The summed E-state index contributed by atoms with van der Waals surface area (Å²) in [7, 11) is 0. The smallest absolute Gasteiger partial charge is 0.471 e. The van der Waals surface area contributed by atoms with Crippen molar-refractivity contribution in [2.45, 2.75) is 38.6 Å². The molecule has 20 heavy (non-hydrogen) atoms. The maximum absolute atomic E-state index is 12.0. The third kappa shape index (κ3) is 7.87. The van der Waals surface area contributed by atoms with Crippen LogP contribution in [0.5, 0.6) is 0 Å². The molecule has 0 saturated carbocycles. The Morgan fingerprint density at radius 2 is 1.75 bits per heavy atom. The number of ether oxygens (including phenoxy) is 1. The number of carboxylic acids is 1. The van der Waals surface area contributed by atoms with Crippen molar-refractivity contribution < 1.29 is 37.4 Å². The predicted octanol–water partition coefficient (Wildman–Crippen LogP) is 1.79. The van der Waals surface area contributed by atoms with Crippen LogP contribution in [-0.4, -0.2) is 45.9 Å². The fourth-order valence-electron chi connectivity index (χ4n) is 0.846. The van der Waals surface area contributed by atoms with Gasteiger partial charge in [-0.15, -0.1) is 0 Å². The van der Waals surface area contributed by atoms with Gasteiger partial charge in [-0.3, -0.25) is 4.79 Å². The number of halogens is 3. The van der Waals surface area contributed by atoms with Crippen molar-refractivity contribution >= 4 is 28.9 Å². The van der Waals surface area contributed by atoms with Crippen molar-refractivity contribution in [1.82, 2.24) is 5.32 Å². The van der Waals surface area contributed by atoms with Crippen molar-refractivity contribution in [3.05, 3.63) is 0 Å². The standard InChI is InChI=1S/C10H14F3NO5S/c1-9(2,3)19-8(18)20-4-5(6(15)16)14-7(17)10(11,12)13/h5H,4H2,1-3H3,(H,14,17)(H,15,16)/t5-/m0/s1. The number of carboxylic acid groups (broad SMARTS) is 1. The van der Waals surface area contributed by atoms with Crippen LogP contribution < -0.4 is 5.32 Å². The van der Waals surface area contributed by atoms with E-state index in [2.05, 4.69) is 0 Å². The van der Waals surface area contributed by atoms with Gasteiger partial charge in [0.05, 0.1) is 0 Å². The molecule has 0 aliphatic rings. The SMILES string of the molecule is CC(C)(C)OC(=O)SC[C@H](NC(=O)C(F)(F)F)C(=O)O. The summed E-state index contributed by atoms with van der Waals surface area (Å²) < 4.78 is 40.8. The number of rotatable bonds is 4. The van der Waals surface area contributed by atoms with Crippen LogP contribution in [-0.2, 0) is 14.3 Å². The van der Waals surface area contributed by atoms with E-state index in [0.29, 0.717) is 11.8 Å². The highest BCUT2D eigenvalue weighted by atomic mass is 32.2. The Morgan fingerprint density at radius 1 is 1.25 bits per heavy atom. The summed E-state index contributed by atoms with van der Waals surface area (Å²) in [5.41, 5.74) is -0.808. The Bertz CT molecular complexity index is 391. The van der Waals surface area contributed by atoms with E-state index in [4.69, 9.17) is 9.84 Å². The van der Waals surface area contributed by atoms with E-state index in [-0.39, 0.29) is 0 Å². The molecule has 0 aliphatic heterocycles. The highest BCUT2D eigenvalue weighted by Crippen LogP contribution is 2.17. The minimum absolute atomic E-state index is 0.368. The lowest BCUT2D eigenvalue weighted by molar-refractivity contribution is -0.175. The van der Waals surface area contributed by atoms with E-state index in [1.807, 2.05) is 0 Å². The molecule has 0 aromatic carbocycles. The summed E-state index contributed by atoms with van der Waals surface area (Å²) in [6.45, 7) is 4.72. The van der Waals surface area contributed by atoms with Gasteiger partial charge in [0.2, 0.25) is 0 Å². The summed E-state index contributed by atoms with van der Waals surface area (Å²) >= 11 is 0.368. The Labute approximate surface area is 117 Å². The largest absolute Gasteiger partial charge is 0.480 e. The predicted molar refractivity (Wildman–Crippen MR) is 64.3 cm³/mol. The molecule has 0 fully saturated rings. The Morgan fingerprint density at radius 3 is 2.10 bits per heavy atom. The van der Waals surface area contributed by atoms with Crippen molar-refractivity contribution in [3.8, 4) is 0 Å². The number of aliphatic carboxylic acids is 1. The lowest BCUT2D eigenvalue weighted by Gasteiger charge is -2.20. The number of hydrogen-bond acceptors (Lipinski definition) is 5. The fourth-order valence-corrected chi connectivity index (χ4v) is 1.68. The molecule has 0 radical (unpaired) electrons. The van der Waals surface area contributed by atoms with Gasteiger partial charge >= 0.3 is 23.4 Å². The third-order valence-corrected chi connectivity index (χ3v) is 2.44. The number of carbonyl (C=O) groups excluding carboxylic acids is 2. The minimum Gasteiger partial charge on any atom is -0.480 e. The first-order chi connectivity index (χ1) is 8.83. The molecule has 0 bridgehead atoms. The zero-order valence-electron chi connectivity index (χ0n) is 10.9. The van der Waals surface area contributed by atoms with Crippen molar-refractivity contribution in [2.75, 3.05) is 5.75 Å². The number of nitrogens with one attached hydrogen (secondary N) is 1. The lowest BCUT2D eigenvalue weighted by Crippen LogP contribution is -2.48. The van der Waals surface area contributed by atoms with E-state index >= 15 is 0 Å². The summed E-state index contributed by atoms with van der Waals surface area (Å²) in [6.07, 6.45) is -5.19. The van der Waals surface area contributed by atoms with Crippen LogP contribution >= 0.6 is 11.8 Å². The van der Waals surface area contributed by atoms with Gasteiger partial charge in [0, 0.05) is 5.75 Å². The second-order valence-corrected chi connectivity index (χ2v) is 5.59. The molecule has 0 unspecified atom stereocenters. The van der Waals surface area contributed by atoms with Crippen molar-refractivity contribution in [3.63, 3.8) is 0 Å². The number of alkyl halides is 3. The maximum Gasteiger partial charge on any atom is 0.471 e. The molecule has 1 amide bonds. The average molecular weight is 317 g/mol. The maximum atomic E-state index is 12.0. The van der Waals surface area contributed by atoms with Gasteiger partial charge in [-0.2, -0.15) is 13.2 Å². The first-order valence-electron chi connectivity index (χ1n) is 5.29. The molecule has 6 nitrogen and oxygen atoms in total. The average Bonchev–Trinajstić information content (AvgIpc) is 2.19. The molecule has 2 N–H and O–H groups in total. The number of thioether (sulfide) groups is 1. The summed E-state index contributed by atoms with van der Waals surface area (Å²) in [4.78, 5) is 32.6. The fraction of sp³-hybridized carbons (Fsp3) is 0.700. The van der Waals surface area contributed by atoms with Gasteiger partial charge < -0.3 is 15.2 Å². The lowest BCUT2D eigenvalue weighted by atomic mass is 10.2. The molecular weight excluding hydrogens is 303 g/mol. The van der Waals surface area contributed by atoms with Gasteiger partial charge in [-0.05, 0) is 32.5 Å². The van der Waals surface area contributed by atoms with Crippen LogP contribution in [0.2, 0.25) is 0 Å². The van der Waals surface area contributed by atoms with Crippen LogP contribution in [0.25, 0.3) is 0 Å². The Balaban J connectivity index is 4.48. The number of amides is 1. The summed E-state index contributed by atoms with van der Waals surface area (Å²) in [5.74, 6) is -4.64. The minimum atomic E-state index is -5.19. The van der Waals surface area contributed by atoms with Gasteiger partial charge in [0.1, 0.15) is 11.6 Å². The van der Waals surface area contributed by atoms with Crippen LogP contribution in [0, 0.1) is 0 Å². The van der Waals surface area contributed by atoms with Crippen LogP contribution in [0.3, 0.4) is 0 Å². The summed E-state index contributed by atoms with van der Waals surface area (Å²) in [5, 5.41) is 9.13. The van der Waals surface area contributed by atoms with Crippen LogP contribution in [0.1, 0.15) is 20.8 Å². The first kappa shape index (κ1) is 18.6. The van der Waals surface area contributed by atoms with E-state index in [9.17, 15) is 27.6 Å². The molecule has 0 aromatic heterocycles. The second kappa shape index (κ2) is 6.82. The second-order valence-electron chi connectivity index (χ2n) is 4.64. The van der Waals surface area contributed by atoms with Gasteiger partial charge in [0.25, 0.3) is 0 Å². The van der Waals surface area contributed by atoms with E-state index < -0.39 is 40.7 Å². The normalized spacial score (nSPS) is 13.5.